The Morgan fingerprint density at radius 3 is 2.65 bits per heavy atom. The summed E-state index contributed by atoms with van der Waals surface area (Å²) in [5.74, 6) is -0.777. The molecule has 0 radical (unpaired) electrons. The van der Waals surface area contributed by atoms with Crippen molar-refractivity contribution in [3.8, 4) is 5.75 Å². The molecule has 3 aromatic rings. The summed E-state index contributed by atoms with van der Waals surface area (Å²) in [6.45, 7) is 0.266. The molecule has 1 aliphatic heterocycles. The second-order valence-electron chi connectivity index (χ2n) is 7.09. The Morgan fingerprint density at radius 1 is 1.15 bits per heavy atom. The smallest absolute Gasteiger partial charge is 0.335 e. The van der Waals surface area contributed by atoms with Crippen molar-refractivity contribution in [1.29, 1.82) is 0 Å². The summed E-state index contributed by atoms with van der Waals surface area (Å²) in [7, 11) is 0. The molecule has 0 saturated carbocycles. The highest BCUT2D eigenvalue weighted by atomic mass is 79.9. The molecule has 1 aliphatic rings. The number of thioether (sulfide) groups is 1. The lowest BCUT2D eigenvalue weighted by Gasteiger charge is -2.14. The fraction of sp³-hybridized carbons (Fsp3) is 0.0417. The van der Waals surface area contributed by atoms with E-state index in [4.69, 9.17) is 40.2 Å². The second kappa shape index (κ2) is 10.5. The molecule has 5 nitrogen and oxygen atoms in total. The van der Waals surface area contributed by atoms with E-state index in [1.54, 1.807) is 42.5 Å². The van der Waals surface area contributed by atoms with Gasteiger partial charge in [0.2, 0.25) is 0 Å². The highest BCUT2D eigenvalue weighted by Crippen LogP contribution is 2.37. The molecule has 0 aromatic heterocycles. The van der Waals surface area contributed by atoms with Gasteiger partial charge in [-0.05, 0) is 70.0 Å². The van der Waals surface area contributed by atoms with E-state index in [-0.39, 0.29) is 18.1 Å². The molecule has 0 atom stereocenters. The maximum Gasteiger partial charge on any atom is 0.335 e. The van der Waals surface area contributed by atoms with Gasteiger partial charge in [0.05, 0.1) is 20.6 Å². The van der Waals surface area contributed by atoms with E-state index >= 15 is 0 Å². The predicted molar refractivity (Wildman–Crippen MR) is 144 cm³/mol. The van der Waals surface area contributed by atoms with Crippen LogP contribution in [-0.4, -0.2) is 21.3 Å². The topological polar surface area (TPSA) is 66.8 Å². The average molecular weight is 595 g/mol. The number of carbonyl (C=O) groups excluding carboxylic acids is 1. The molecule has 10 heteroatoms. The summed E-state index contributed by atoms with van der Waals surface area (Å²) < 4.78 is 6.90. The Balaban J connectivity index is 1.51. The Morgan fingerprint density at radius 2 is 1.94 bits per heavy atom. The van der Waals surface area contributed by atoms with E-state index in [2.05, 4.69) is 15.9 Å². The standard InChI is InChI=1S/C24H14BrCl2NO4S2/c25-18-8-13(4-7-20(18)32-12-15-5-6-16(26)11-19(15)27)9-21-22(29)28(24(33)34-21)17-3-1-2-14(10-17)23(30)31/h1-11H,12H2,(H,30,31)/b21-9+. The highest BCUT2D eigenvalue weighted by molar-refractivity contribution is 9.10. The van der Waals surface area contributed by atoms with Gasteiger partial charge in [-0.1, -0.05) is 65.4 Å². The number of benzene rings is 3. The Bertz CT molecular complexity index is 1360. The number of thiocarbonyl (C=S) groups is 1. The van der Waals surface area contributed by atoms with Crippen LogP contribution in [0.4, 0.5) is 5.69 Å². The van der Waals surface area contributed by atoms with Crippen LogP contribution in [0.5, 0.6) is 5.75 Å². The summed E-state index contributed by atoms with van der Waals surface area (Å²) >= 11 is 22.2. The zero-order valence-electron chi connectivity index (χ0n) is 17.1. The molecule has 1 amide bonds. The monoisotopic (exact) mass is 593 g/mol. The summed E-state index contributed by atoms with van der Waals surface area (Å²) in [4.78, 5) is 26.1. The van der Waals surface area contributed by atoms with Gasteiger partial charge >= 0.3 is 5.97 Å². The first-order valence-electron chi connectivity index (χ1n) is 9.70. The molecule has 1 N–H and O–H groups in total. The number of hydrogen-bond acceptors (Lipinski definition) is 5. The van der Waals surface area contributed by atoms with Crippen LogP contribution in [0.25, 0.3) is 6.08 Å². The molecule has 0 spiro atoms. The van der Waals surface area contributed by atoms with Crippen LogP contribution in [-0.2, 0) is 11.4 Å². The quantitative estimate of drug-likeness (QED) is 0.236. The molecular formula is C24H14BrCl2NO4S2. The number of hydrogen-bond donors (Lipinski definition) is 1. The van der Waals surface area contributed by atoms with Gasteiger partial charge in [0.25, 0.3) is 5.91 Å². The van der Waals surface area contributed by atoms with Crippen LogP contribution < -0.4 is 9.64 Å². The van der Waals surface area contributed by atoms with Crippen molar-refractivity contribution >= 4 is 91.1 Å². The van der Waals surface area contributed by atoms with E-state index in [9.17, 15) is 14.7 Å². The Kier molecular flexibility index (Phi) is 7.64. The van der Waals surface area contributed by atoms with Gasteiger partial charge in [-0.2, -0.15) is 0 Å². The van der Waals surface area contributed by atoms with Crippen LogP contribution in [0, 0.1) is 0 Å². The molecule has 0 bridgehead atoms. The van der Waals surface area contributed by atoms with Crippen molar-refractivity contribution in [2.24, 2.45) is 0 Å². The lowest BCUT2D eigenvalue weighted by Crippen LogP contribution is -2.27. The van der Waals surface area contributed by atoms with Gasteiger partial charge in [-0.15, -0.1) is 0 Å². The number of carbonyl (C=O) groups is 2. The molecule has 1 heterocycles. The molecule has 172 valence electrons. The third kappa shape index (κ3) is 5.47. The predicted octanol–water partition coefficient (Wildman–Crippen LogP) is 7.44. The molecule has 4 rings (SSSR count). The number of amides is 1. The molecule has 1 fully saturated rings. The normalized spacial score (nSPS) is 14.7. The van der Waals surface area contributed by atoms with Crippen molar-refractivity contribution in [3.05, 3.63) is 96.8 Å². The van der Waals surface area contributed by atoms with Crippen molar-refractivity contribution in [2.75, 3.05) is 4.90 Å². The first-order valence-corrected chi connectivity index (χ1v) is 12.5. The maximum absolute atomic E-state index is 13.0. The third-order valence-corrected chi connectivity index (χ3v) is 7.31. The number of anilines is 1. The van der Waals surface area contributed by atoms with Gasteiger partial charge < -0.3 is 9.84 Å². The zero-order chi connectivity index (χ0) is 24.4. The fourth-order valence-corrected chi connectivity index (χ4v) is 5.41. The van der Waals surface area contributed by atoms with Crippen molar-refractivity contribution in [3.63, 3.8) is 0 Å². The van der Waals surface area contributed by atoms with Gasteiger partial charge in [0.1, 0.15) is 12.4 Å². The maximum atomic E-state index is 13.0. The number of carboxylic acid groups (broad SMARTS) is 1. The van der Waals surface area contributed by atoms with Gasteiger partial charge in [0.15, 0.2) is 4.32 Å². The van der Waals surface area contributed by atoms with E-state index in [0.717, 1.165) is 22.9 Å². The molecule has 3 aromatic carbocycles. The summed E-state index contributed by atoms with van der Waals surface area (Å²) in [5, 5.41) is 10.3. The molecule has 0 aliphatic carbocycles. The van der Waals surface area contributed by atoms with Crippen LogP contribution in [0.15, 0.2) is 70.0 Å². The lowest BCUT2D eigenvalue weighted by atomic mass is 10.1. The molecule has 34 heavy (non-hydrogen) atoms. The third-order valence-electron chi connectivity index (χ3n) is 4.80. The van der Waals surface area contributed by atoms with Crippen LogP contribution in [0.2, 0.25) is 10.0 Å². The Labute approximate surface area is 223 Å². The van der Waals surface area contributed by atoms with Crippen molar-refractivity contribution in [1.82, 2.24) is 0 Å². The van der Waals surface area contributed by atoms with Gasteiger partial charge in [-0.3, -0.25) is 9.69 Å². The summed E-state index contributed by atoms with van der Waals surface area (Å²) in [6, 6.07) is 16.8. The molecule has 0 unspecified atom stereocenters. The minimum atomic E-state index is -1.08. The SMILES string of the molecule is O=C(O)c1cccc(N2C(=O)/C(=C\c3ccc(OCc4ccc(Cl)cc4Cl)c(Br)c3)SC2=S)c1. The van der Waals surface area contributed by atoms with Crippen molar-refractivity contribution < 1.29 is 19.4 Å². The van der Waals surface area contributed by atoms with Crippen LogP contribution >= 0.6 is 63.1 Å². The fourth-order valence-electron chi connectivity index (χ4n) is 3.14. The zero-order valence-corrected chi connectivity index (χ0v) is 21.9. The first kappa shape index (κ1) is 24.8. The summed E-state index contributed by atoms with van der Waals surface area (Å²) in [5.41, 5.74) is 2.06. The number of nitrogens with zero attached hydrogens (tertiary/aromatic N) is 1. The molecular weight excluding hydrogens is 581 g/mol. The second-order valence-corrected chi connectivity index (χ2v) is 10.5. The summed E-state index contributed by atoms with van der Waals surface area (Å²) in [6.07, 6.45) is 1.73. The minimum absolute atomic E-state index is 0.0786. The van der Waals surface area contributed by atoms with E-state index in [1.807, 2.05) is 12.1 Å². The number of halogens is 3. The molecule has 1 saturated heterocycles. The lowest BCUT2D eigenvalue weighted by molar-refractivity contribution is -0.113. The van der Waals surface area contributed by atoms with Crippen LogP contribution in [0.1, 0.15) is 21.5 Å². The van der Waals surface area contributed by atoms with Crippen LogP contribution in [0.3, 0.4) is 0 Å². The van der Waals surface area contributed by atoms with E-state index in [1.165, 1.54) is 17.0 Å². The largest absolute Gasteiger partial charge is 0.488 e. The minimum Gasteiger partial charge on any atom is -0.488 e. The number of rotatable bonds is 6. The van der Waals surface area contributed by atoms with E-state index < -0.39 is 5.97 Å². The number of ether oxygens (including phenoxy) is 1. The van der Waals surface area contributed by atoms with Gasteiger partial charge in [0, 0.05) is 15.6 Å². The number of carboxylic acids is 1. The van der Waals surface area contributed by atoms with E-state index in [0.29, 0.717) is 35.2 Å². The number of aromatic carboxylic acids is 1. The van der Waals surface area contributed by atoms with Gasteiger partial charge in [-0.25, -0.2) is 4.79 Å². The first-order chi connectivity index (χ1) is 16.2. The highest BCUT2D eigenvalue weighted by Gasteiger charge is 2.33. The van der Waals surface area contributed by atoms with Crippen molar-refractivity contribution in [2.45, 2.75) is 6.61 Å². The Hall–Kier alpha value is -2.36. The average Bonchev–Trinajstić information content (AvgIpc) is 3.07.